The molecule has 1 fully saturated rings. The zero-order valence-electron chi connectivity index (χ0n) is 12.7. The molecule has 0 bridgehead atoms. The second kappa shape index (κ2) is 7.54. The van der Waals surface area contributed by atoms with Gasteiger partial charge in [0, 0.05) is 38.8 Å². The van der Waals surface area contributed by atoms with Crippen molar-refractivity contribution in [2.45, 2.75) is 19.9 Å². The summed E-state index contributed by atoms with van der Waals surface area (Å²) in [5.41, 5.74) is 0. The van der Waals surface area contributed by atoms with E-state index in [-0.39, 0.29) is 10.6 Å². The van der Waals surface area contributed by atoms with Crippen LogP contribution >= 0.6 is 23.2 Å². The first-order valence-corrected chi connectivity index (χ1v) is 7.95. The van der Waals surface area contributed by atoms with Crippen molar-refractivity contribution in [3.63, 3.8) is 0 Å². The minimum atomic E-state index is 0.109. The molecule has 2 rings (SSSR count). The van der Waals surface area contributed by atoms with Crippen LogP contribution in [0.15, 0.2) is 0 Å². The standard InChI is InChI=1S/C13H22Cl2N6/c1-9(2)10(21-6-4-20(3)5-7-21)8-16-13-18-11(14)17-12(15)19-13/h9-10H,4-8H2,1-3H3,(H,16,17,18,19). The van der Waals surface area contributed by atoms with Crippen LogP contribution in [0.4, 0.5) is 5.95 Å². The van der Waals surface area contributed by atoms with Gasteiger partial charge in [0.15, 0.2) is 0 Å². The Bertz CT molecular complexity index is 442. The lowest BCUT2D eigenvalue weighted by Crippen LogP contribution is -2.52. The predicted octanol–water partition coefficient (Wildman–Crippen LogP) is 1.86. The highest BCUT2D eigenvalue weighted by molar-refractivity contribution is 6.31. The van der Waals surface area contributed by atoms with Crippen molar-refractivity contribution >= 4 is 29.2 Å². The van der Waals surface area contributed by atoms with Crippen molar-refractivity contribution in [3.8, 4) is 0 Å². The molecule has 0 aliphatic carbocycles. The minimum Gasteiger partial charge on any atom is -0.352 e. The number of hydrogen-bond donors (Lipinski definition) is 1. The zero-order chi connectivity index (χ0) is 15.4. The van der Waals surface area contributed by atoms with Gasteiger partial charge in [0.2, 0.25) is 16.5 Å². The maximum Gasteiger partial charge on any atom is 0.228 e. The molecule has 1 aliphatic heterocycles. The van der Waals surface area contributed by atoms with E-state index < -0.39 is 0 Å². The van der Waals surface area contributed by atoms with E-state index in [4.69, 9.17) is 23.2 Å². The Morgan fingerprint density at radius 1 is 1.05 bits per heavy atom. The third kappa shape index (κ3) is 4.92. The van der Waals surface area contributed by atoms with Gasteiger partial charge in [-0.2, -0.15) is 15.0 Å². The number of piperazine rings is 1. The van der Waals surface area contributed by atoms with Gasteiger partial charge in [-0.1, -0.05) is 13.8 Å². The lowest BCUT2D eigenvalue weighted by Gasteiger charge is -2.39. The molecule has 2 heterocycles. The van der Waals surface area contributed by atoms with Crippen molar-refractivity contribution in [2.75, 3.05) is 45.1 Å². The summed E-state index contributed by atoms with van der Waals surface area (Å²) in [6, 6.07) is 0.424. The number of nitrogens with zero attached hydrogens (tertiary/aromatic N) is 5. The molecular weight excluding hydrogens is 311 g/mol. The molecule has 1 aromatic heterocycles. The topological polar surface area (TPSA) is 57.2 Å². The predicted molar refractivity (Wildman–Crippen MR) is 86.0 cm³/mol. The van der Waals surface area contributed by atoms with E-state index in [9.17, 15) is 0 Å². The molecule has 1 N–H and O–H groups in total. The van der Waals surface area contributed by atoms with Gasteiger partial charge >= 0.3 is 0 Å². The summed E-state index contributed by atoms with van der Waals surface area (Å²) in [6.45, 7) is 9.60. The van der Waals surface area contributed by atoms with Crippen molar-refractivity contribution in [3.05, 3.63) is 10.6 Å². The molecule has 1 atom stereocenters. The van der Waals surface area contributed by atoms with Crippen LogP contribution in [0.1, 0.15) is 13.8 Å². The third-order valence-electron chi connectivity index (χ3n) is 3.83. The number of anilines is 1. The first kappa shape index (κ1) is 16.7. The fraction of sp³-hybridized carbons (Fsp3) is 0.769. The molecule has 0 saturated carbocycles. The largest absolute Gasteiger partial charge is 0.352 e. The van der Waals surface area contributed by atoms with E-state index in [1.807, 2.05) is 0 Å². The fourth-order valence-corrected chi connectivity index (χ4v) is 2.90. The van der Waals surface area contributed by atoms with Crippen LogP contribution in [-0.2, 0) is 0 Å². The Kier molecular flexibility index (Phi) is 5.98. The van der Waals surface area contributed by atoms with Crippen molar-refractivity contribution in [2.24, 2.45) is 5.92 Å². The monoisotopic (exact) mass is 332 g/mol. The van der Waals surface area contributed by atoms with Crippen LogP contribution in [0.3, 0.4) is 0 Å². The number of hydrogen-bond acceptors (Lipinski definition) is 6. The summed E-state index contributed by atoms with van der Waals surface area (Å²) >= 11 is 11.6. The van der Waals surface area contributed by atoms with Gasteiger partial charge in [-0.05, 0) is 36.2 Å². The highest BCUT2D eigenvalue weighted by Gasteiger charge is 2.25. The van der Waals surface area contributed by atoms with Crippen LogP contribution in [0.5, 0.6) is 0 Å². The average molecular weight is 333 g/mol. The summed E-state index contributed by atoms with van der Waals surface area (Å²) in [4.78, 5) is 16.7. The maximum absolute atomic E-state index is 5.79. The molecule has 1 aromatic rings. The Hall–Kier alpha value is -0.690. The SMILES string of the molecule is CC(C)C(CNc1nc(Cl)nc(Cl)n1)N1CCN(C)CC1. The van der Waals surface area contributed by atoms with Crippen LogP contribution in [0, 0.1) is 5.92 Å². The molecule has 1 unspecified atom stereocenters. The zero-order valence-corrected chi connectivity index (χ0v) is 14.2. The van der Waals surface area contributed by atoms with Gasteiger partial charge in [0.05, 0.1) is 0 Å². The highest BCUT2D eigenvalue weighted by Crippen LogP contribution is 2.15. The molecule has 0 amide bonds. The van der Waals surface area contributed by atoms with Crippen LogP contribution in [-0.4, -0.2) is 70.6 Å². The third-order valence-corrected chi connectivity index (χ3v) is 4.16. The molecule has 1 saturated heterocycles. The molecule has 0 spiro atoms. The number of aromatic nitrogens is 3. The summed E-state index contributed by atoms with van der Waals surface area (Å²) < 4.78 is 0. The second-order valence-corrected chi connectivity index (χ2v) is 6.40. The van der Waals surface area contributed by atoms with Gasteiger partial charge in [-0.15, -0.1) is 0 Å². The van der Waals surface area contributed by atoms with Crippen molar-refractivity contribution < 1.29 is 0 Å². The number of halogens is 2. The van der Waals surface area contributed by atoms with Gasteiger partial charge < -0.3 is 10.2 Å². The maximum atomic E-state index is 5.79. The normalized spacial score (nSPS) is 19.0. The van der Waals surface area contributed by atoms with E-state index in [1.54, 1.807) is 0 Å². The first-order valence-electron chi connectivity index (χ1n) is 7.19. The average Bonchev–Trinajstić information content (AvgIpc) is 2.39. The Balaban J connectivity index is 1.96. The smallest absolute Gasteiger partial charge is 0.228 e. The highest BCUT2D eigenvalue weighted by atomic mass is 35.5. The minimum absolute atomic E-state index is 0.109. The van der Waals surface area contributed by atoms with Gasteiger partial charge in [-0.25, -0.2) is 0 Å². The molecule has 6 nitrogen and oxygen atoms in total. The van der Waals surface area contributed by atoms with E-state index in [1.165, 1.54) is 0 Å². The van der Waals surface area contributed by atoms with Crippen molar-refractivity contribution in [1.29, 1.82) is 0 Å². The molecule has 8 heteroatoms. The van der Waals surface area contributed by atoms with Crippen LogP contribution < -0.4 is 5.32 Å². The van der Waals surface area contributed by atoms with Gasteiger partial charge in [0.1, 0.15) is 0 Å². The molecule has 1 aliphatic rings. The number of likely N-dealkylation sites (N-methyl/N-ethyl adjacent to an activating group) is 1. The molecule has 0 aromatic carbocycles. The van der Waals surface area contributed by atoms with Gasteiger partial charge in [-0.3, -0.25) is 4.90 Å². The lowest BCUT2D eigenvalue weighted by atomic mass is 10.0. The molecular formula is C13H22Cl2N6. The Morgan fingerprint density at radius 3 is 2.14 bits per heavy atom. The lowest BCUT2D eigenvalue weighted by molar-refractivity contribution is 0.0943. The first-order chi connectivity index (χ1) is 9.95. The Morgan fingerprint density at radius 2 is 1.62 bits per heavy atom. The van der Waals surface area contributed by atoms with Crippen molar-refractivity contribution in [1.82, 2.24) is 24.8 Å². The fourth-order valence-electron chi connectivity index (χ4n) is 2.54. The molecule has 0 radical (unpaired) electrons. The van der Waals surface area contributed by atoms with E-state index in [2.05, 4.69) is 51.0 Å². The van der Waals surface area contributed by atoms with E-state index in [0.717, 1.165) is 32.7 Å². The second-order valence-electron chi connectivity index (χ2n) is 5.73. The summed E-state index contributed by atoms with van der Waals surface area (Å²) in [5.74, 6) is 0.966. The quantitative estimate of drug-likeness (QED) is 0.888. The van der Waals surface area contributed by atoms with E-state index in [0.29, 0.717) is 17.9 Å². The number of nitrogens with one attached hydrogen (secondary N) is 1. The Labute approximate surface area is 135 Å². The van der Waals surface area contributed by atoms with Gasteiger partial charge in [0.25, 0.3) is 0 Å². The summed E-state index contributed by atoms with van der Waals surface area (Å²) in [5, 5.41) is 3.45. The molecule has 118 valence electrons. The summed E-state index contributed by atoms with van der Waals surface area (Å²) in [7, 11) is 2.16. The van der Waals surface area contributed by atoms with Crippen LogP contribution in [0.2, 0.25) is 10.6 Å². The van der Waals surface area contributed by atoms with E-state index >= 15 is 0 Å². The summed E-state index contributed by atoms with van der Waals surface area (Å²) in [6.07, 6.45) is 0. The van der Waals surface area contributed by atoms with Crippen LogP contribution in [0.25, 0.3) is 0 Å². The number of rotatable bonds is 5. The molecule has 21 heavy (non-hydrogen) atoms.